The molecule has 0 unspecified atom stereocenters. The van der Waals surface area contributed by atoms with Gasteiger partial charge in [-0.3, -0.25) is 9.58 Å². The maximum atomic E-state index is 11.2. The third kappa shape index (κ3) is 2.85. The van der Waals surface area contributed by atoms with Crippen LogP contribution in [0, 0.1) is 20.8 Å². The van der Waals surface area contributed by atoms with Gasteiger partial charge in [0.05, 0.1) is 0 Å². The Kier molecular flexibility index (Phi) is 4.17. The quantitative estimate of drug-likeness (QED) is 0.784. The summed E-state index contributed by atoms with van der Waals surface area (Å²) in [6.07, 6.45) is 4.18. The Morgan fingerprint density at radius 2 is 1.85 bits per heavy atom. The van der Waals surface area contributed by atoms with Crippen LogP contribution in [0.15, 0.2) is 43.0 Å². The molecule has 0 spiro atoms. The number of aromatic nitrogens is 4. The van der Waals surface area contributed by atoms with Crippen LogP contribution in [-0.4, -0.2) is 42.6 Å². The summed E-state index contributed by atoms with van der Waals surface area (Å²) in [5, 5.41) is 19.0. The largest absolute Gasteiger partial charge is 0.384 e. The summed E-state index contributed by atoms with van der Waals surface area (Å²) in [5.74, 6) is 0. The maximum absolute atomic E-state index is 11.2. The van der Waals surface area contributed by atoms with Crippen molar-refractivity contribution in [3.8, 4) is 0 Å². The Bertz CT molecular complexity index is 914. The summed E-state index contributed by atoms with van der Waals surface area (Å²) >= 11 is 0. The second-order valence-corrected chi connectivity index (χ2v) is 7.36. The molecule has 2 aromatic heterocycles. The minimum atomic E-state index is -0.759. The van der Waals surface area contributed by atoms with E-state index in [0.29, 0.717) is 6.54 Å². The summed E-state index contributed by atoms with van der Waals surface area (Å²) in [6, 6.07) is 10.4. The molecule has 0 aliphatic carbocycles. The summed E-state index contributed by atoms with van der Waals surface area (Å²) in [5.41, 5.74) is 5.04. The van der Waals surface area contributed by atoms with E-state index >= 15 is 0 Å². The molecule has 1 N–H and O–H groups in total. The highest BCUT2D eigenvalue weighted by Gasteiger charge is 2.38. The van der Waals surface area contributed by atoms with Crippen molar-refractivity contribution >= 4 is 0 Å². The van der Waals surface area contributed by atoms with Gasteiger partial charge in [-0.25, -0.2) is 4.68 Å². The van der Waals surface area contributed by atoms with E-state index < -0.39 is 5.60 Å². The number of aryl methyl sites for hydroxylation is 2. The van der Waals surface area contributed by atoms with E-state index in [4.69, 9.17) is 0 Å². The predicted molar refractivity (Wildman–Crippen MR) is 99.7 cm³/mol. The first-order chi connectivity index (χ1) is 12.5. The lowest BCUT2D eigenvalue weighted by atomic mass is 9.89. The number of nitrogens with zero attached hydrogens (tertiary/aromatic N) is 5. The average molecular weight is 351 g/mol. The van der Waals surface area contributed by atoms with Crippen molar-refractivity contribution in [3.63, 3.8) is 0 Å². The summed E-state index contributed by atoms with van der Waals surface area (Å²) in [7, 11) is 0. The van der Waals surface area contributed by atoms with Crippen LogP contribution in [0.5, 0.6) is 0 Å². The molecule has 3 aromatic rings. The number of hydrogen-bond donors (Lipinski definition) is 1. The van der Waals surface area contributed by atoms with Crippen molar-refractivity contribution in [1.29, 1.82) is 0 Å². The smallest absolute Gasteiger partial charge is 0.139 e. The van der Waals surface area contributed by atoms with Gasteiger partial charge in [0.2, 0.25) is 0 Å². The standard InChI is InChI=1S/C20H25N5O/c1-15-6-4-5-7-19(15)20(26)8-9-23(12-20)11-18-10-16(2)25(17(18)3)24-13-21-22-14-24/h4-7,10,13-14,26H,8-9,11-12H2,1-3H3/t20-/m0/s1. The van der Waals surface area contributed by atoms with Crippen LogP contribution in [0.2, 0.25) is 0 Å². The molecule has 0 radical (unpaired) electrons. The Balaban J connectivity index is 1.55. The highest BCUT2D eigenvalue weighted by atomic mass is 16.3. The first-order valence-corrected chi connectivity index (χ1v) is 9.02. The van der Waals surface area contributed by atoms with Crippen LogP contribution >= 0.6 is 0 Å². The molecule has 26 heavy (non-hydrogen) atoms. The second kappa shape index (κ2) is 6.37. The highest BCUT2D eigenvalue weighted by molar-refractivity contribution is 5.33. The van der Waals surface area contributed by atoms with Gasteiger partial charge >= 0.3 is 0 Å². The van der Waals surface area contributed by atoms with E-state index in [1.54, 1.807) is 12.7 Å². The molecule has 3 heterocycles. The molecule has 136 valence electrons. The topological polar surface area (TPSA) is 59.1 Å². The number of β-amino-alcohol motifs (C(OH)–C–C–N with tert-alkyl or cyclic N) is 1. The molecule has 4 rings (SSSR count). The number of likely N-dealkylation sites (tertiary alicyclic amines) is 1. The zero-order chi connectivity index (χ0) is 18.3. The number of rotatable bonds is 4. The van der Waals surface area contributed by atoms with Crippen LogP contribution in [-0.2, 0) is 12.1 Å². The van der Waals surface area contributed by atoms with Crippen molar-refractivity contribution in [2.24, 2.45) is 0 Å². The van der Waals surface area contributed by atoms with Gasteiger partial charge in [-0.05, 0) is 49.9 Å². The van der Waals surface area contributed by atoms with Gasteiger partial charge in [-0.15, -0.1) is 10.2 Å². The first-order valence-electron chi connectivity index (χ1n) is 9.02. The molecule has 1 fully saturated rings. The minimum Gasteiger partial charge on any atom is -0.384 e. The molecule has 0 amide bonds. The summed E-state index contributed by atoms with van der Waals surface area (Å²) in [4.78, 5) is 2.34. The fourth-order valence-corrected chi connectivity index (χ4v) is 4.19. The molecule has 6 nitrogen and oxygen atoms in total. The monoisotopic (exact) mass is 351 g/mol. The van der Waals surface area contributed by atoms with Gasteiger partial charge in [-0.2, -0.15) is 0 Å². The molecule has 1 saturated heterocycles. The lowest BCUT2D eigenvalue weighted by Crippen LogP contribution is -2.31. The fourth-order valence-electron chi connectivity index (χ4n) is 4.19. The van der Waals surface area contributed by atoms with Gasteiger partial charge in [-0.1, -0.05) is 24.3 Å². The fraction of sp³-hybridized carbons (Fsp3) is 0.400. The van der Waals surface area contributed by atoms with E-state index in [-0.39, 0.29) is 0 Å². The van der Waals surface area contributed by atoms with Gasteiger partial charge in [0, 0.05) is 31.0 Å². The number of benzene rings is 1. The van der Waals surface area contributed by atoms with Crippen LogP contribution in [0.3, 0.4) is 0 Å². The summed E-state index contributed by atoms with van der Waals surface area (Å²) < 4.78 is 4.00. The van der Waals surface area contributed by atoms with Crippen molar-refractivity contribution in [3.05, 3.63) is 71.1 Å². The molecule has 0 saturated carbocycles. The van der Waals surface area contributed by atoms with E-state index in [1.807, 2.05) is 16.8 Å². The normalized spacial score (nSPS) is 20.8. The third-order valence-electron chi connectivity index (χ3n) is 5.50. The van der Waals surface area contributed by atoms with Crippen LogP contribution in [0.1, 0.15) is 34.5 Å². The van der Waals surface area contributed by atoms with Crippen molar-refractivity contribution in [2.75, 3.05) is 13.1 Å². The predicted octanol–water partition coefficient (Wildman–Crippen LogP) is 2.41. The maximum Gasteiger partial charge on any atom is 0.139 e. The van der Waals surface area contributed by atoms with Gasteiger partial charge in [0.25, 0.3) is 0 Å². The Morgan fingerprint density at radius 1 is 1.12 bits per heavy atom. The minimum absolute atomic E-state index is 0.661. The van der Waals surface area contributed by atoms with Gasteiger partial charge < -0.3 is 5.11 Å². The average Bonchev–Trinajstić information content (AvgIpc) is 3.30. The zero-order valence-corrected chi connectivity index (χ0v) is 15.6. The van der Waals surface area contributed by atoms with Gasteiger partial charge in [0.15, 0.2) is 0 Å². The van der Waals surface area contributed by atoms with Crippen LogP contribution < -0.4 is 0 Å². The molecule has 1 atom stereocenters. The Morgan fingerprint density at radius 3 is 2.58 bits per heavy atom. The van der Waals surface area contributed by atoms with E-state index in [1.165, 1.54) is 11.3 Å². The molecule has 1 aromatic carbocycles. The first kappa shape index (κ1) is 17.0. The molecular formula is C20H25N5O. The number of aliphatic hydroxyl groups is 1. The molecule has 0 bridgehead atoms. The van der Waals surface area contributed by atoms with E-state index in [0.717, 1.165) is 36.3 Å². The lowest BCUT2D eigenvalue weighted by Gasteiger charge is -2.25. The molecule has 1 aliphatic rings. The molecule has 6 heteroatoms. The van der Waals surface area contributed by atoms with Crippen molar-refractivity contribution in [1.82, 2.24) is 24.4 Å². The lowest BCUT2D eigenvalue weighted by molar-refractivity contribution is 0.0446. The van der Waals surface area contributed by atoms with Crippen LogP contribution in [0.25, 0.3) is 0 Å². The van der Waals surface area contributed by atoms with E-state index in [9.17, 15) is 5.11 Å². The second-order valence-electron chi connectivity index (χ2n) is 7.36. The Hall–Kier alpha value is -2.44. The van der Waals surface area contributed by atoms with E-state index in [2.05, 4.69) is 58.7 Å². The zero-order valence-electron chi connectivity index (χ0n) is 15.6. The third-order valence-corrected chi connectivity index (χ3v) is 5.50. The molecular weight excluding hydrogens is 326 g/mol. The van der Waals surface area contributed by atoms with Crippen LogP contribution in [0.4, 0.5) is 0 Å². The SMILES string of the molecule is Cc1ccccc1[C@]1(O)CCN(Cc2cc(C)n(-n3cnnc3)c2C)C1. The highest BCUT2D eigenvalue weighted by Crippen LogP contribution is 2.34. The summed E-state index contributed by atoms with van der Waals surface area (Å²) in [6.45, 7) is 8.66. The molecule has 1 aliphatic heterocycles. The van der Waals surface area contributed by atoms with Crippen molar-refractivity contribution < 1.29 is 5.11 Å². The van der Waals surface area contributed by atoms with Crippen molar-refractivity contribution in [2.45, 2.75) is 39.3 Å². The van der Waals surface area contributed by atoms with Gasteiger partial charge in [0.1, 0.15) is 18.3 Å². The Labute approximate surface area is 153 Å². The number of hydrogen-bond acceptors (Lipinski definition) is 4.